The molecule has 0 aliphatic rings. The van der Waals surface area contributed by atoms with Gasteiger partial charge < -0.3 is 20.1 Å². The molecule has 3 N–H and O–H groups in total. The Balaban J connectivity index is 3.18. The molecule has 0 spiro atoms. The van der Waals surface area contributed by atoms with E-state index in [0.29, 0.717) is 5.75 Å². The van der Waals surface area contributed by atoms with Crippen LogP contribution in [0.1, 0.15) is 22.0 Å². The highest BCUT2D eigenvalue weighted by atomic mass is 79.9. The molecule has 0 saturated heterocycles. The van der Waals surface area contributed by atoms with Crippen LogP contribution in [0.2, 0.25) is 0 Å². The van der Waals surface area contributed by atoms with Gasteiger partial charge in [-0.3, -0.25) is 0 Å². The molecule has 0 aliphatic heterocycles. The maximum Gasteiger partial charge on any atom is 0.335 e. The fourth-order valence-electron chi connectivity index (χ4n) is 1.39. The Morgan fingerprint density at radius 1 is 1.47 bits per heavy atom. The van der Waals surface area contributed by atoms with Gasteiger partial charge in [-0.2, -0.15) is 0 Å². The lowest BCUT2D eigenvalue weighted by Gasteiger charge is -2.18. The minimum Gasteiger partial charge on any atom is -0.496 e. The molecular formula is C11H13BrO5. The third-order valence-corrected chi connectivity index (χ3v) is 2.98. The molecule has 5 nitrogen and oxygen atoms in total. The van der Waals surface area contributed by atoms with Gasteiger partial charge >= 0.3 is 5.97 Å². The van der Waals surface area contributed by atoms with Crippen molar-refractivity contribution in [1.29, 1.82) is 0 Å². The summed E-state index contributed by atoms with van der Waals surface area (Å²) in [4.78, 5) is 10.8. The average molecular weight is 305 g/mol. The monoisotopic (exact) mass is 304 g/mol. The van der Waals surface area contributed by atoms with E-state index in [2.05, 4.69) is 15.9 Å². The molecule has 17 heavy (non-hydrogen) atoms. The number of alkyl halides is 1. The second kappa shape index (κ2) is 6.00. The number of aromatic carboxylic acids is 1. The molecular weight excluding hydrogens is 292 g/mol. The number of methoxy groups -OCH3 is 1. The Hall–Kier alpha value is -1.11. The smallest absolute Gasteiger partial charge is 0.335 e. The van der Waals surface area contributed by atoms with E-state index in [1.165, 1.54) is 25.3 Å². The van der Waals surface area contributed by atoms with E-state index >= 15 is 0 Å². The van der Waals surface area contributed by atoms with Crippen molar-refractivity contribution in [2.75, 3.05) is 12.4 Å². The maximum absolute atomic E-state index is 10.8. The quantitative estimate of drug-likeness (QED) is 0.711. The van der Waals surface area contributed by atoms with Gasteiger partial charge in [-0.1, -0.05) is 15.9 Å². The van der Waals surface area contributed by atoms with Crippen LogP contribution in [0, 0.1) is 0 Å². The third kappa shape index (κ3) is 3.18. The zero-order valence-electron chi connectivity index (χ0n) is 9.13. The van der Waals surface area contributed by atoms with Crippen LogP contribution in [-0.2, 0) is 0 Å². The molecule has 1 rings (SSSR count). The number of carboxylic acid groups (broad SMARTS) is 1. The number of benzene rings is 1. The summed E-state index contributed by atoms with van der Waals surface area (Å²) in [7, 11) is 1.41. The van der Waals surface area contributed by atoms with Crippen LogP contribution in [-0.4, -0.2) is 39.8 Å². The van der Waals surface area contributed by atoms with Crippen molar-refractivity contribution in [2.24, 2.45) is 0 Å². The van der Waals surface area contributed by atoms with Crippen molar-refractivity contribution < 1.29 is 24.9 Å². The molecule has 0 saturated carbocycles. The van der Waals surface area contributed by atoms with E-state index in [1.54, 1.807) is 0 Å². The van der Waals surface area contributed by atoms with Crippen molar-refractivity contribution >= 4 is 21.9 Å². The number of halogens is 1. The maximum atomic E-state index is 10.8. The van der Waals surface area contributed by atoms with Gasteiger partial charge in [0, 0.05) is 10.9 Å². The van der Waals surface area contributed by atoms with Gasteiger partial charge in [0.05, 0.1) is 18.8 Å². The summed E-state index contributed by atoms with van der Waals surface area (Å²) in [5, 5.41) is 28.4. The van der Waals surface area contributed by atoms with Gasteiger partial charge in [0.25, 0.3) is 0 Å². The van der Waals surface area contributed by atoms with Gasteiger partial charge in [-0.25, -0.2) is 4.79 Å². The highest BCUT2D eigenvalue weighted by Gasteiger charge is 2.22. The fourth-order valence-corrected chi connectivity index (χ4v) is 1.74. The van der Waals surface area contributed by atoms with Crippen molar-refractivity contribution in [2.45, 2.75) is 12.2 Å². The molecule has 0 aromatic heterocycles. The highest BCUT2D eigenvalue weighted by Crippen LogP contribution is 2.29. The van der Waals surface area contributed by atoms with E-state index < -0.39 is 18.2 Å². The van der Waals surface area contributed by atoms with E-state index in [1.807, 2.05) is 0 Å². The number of ether oxygens (including phenoxy) is 1. The molecule has 94 valence electrons. The van der Waals surface area contributed by atoms with E-state index in [9.17, 15) is 15.0 Å². The number of aliphatic hydroxyl groups excluding tert-OH is 2. The summed E-state index contributed by atoms with van der Waals surface area (Å²) in [6.07, 6.45) is -2.24. The number of hydrogen-bond donors (Lipinski definition) is 3. The van der Waals surface area contributed by atoms with E-state index in [4.69, 9.17) is 9.84 Å². The van der Waals surface area contributed by atoms with Gasteiger partial charge in [-0.05, 0) is 18.2 Å². The predicted octanol–water partition coefficient (Wildman–Crippen LogP) is 1.18. The summed E-state index contributed by atoms with van der Waals surface area (Å²) >= 11 is 3.04. The van der Waals surface area contributed by atoms with Crippen molar-refractivity contribution in [3.63, 3.8) is 0 Å². The molecule has 0 fully saturated rings. The van der Waals surface area contributed by atoms with Crippen LogP contribution < -0.4 is 4.74 Å². The SMILES string of the molecule is COc1ccc(C(=O)O)cc1C(O)C(O)CBr. The number of carboxylic acids is 1. The summed E-state index contributed by atoms with van der Waals surface area (Å²) in [5.41, 5.74) is 0.279. The second-order valence-electron chi connectivity index (χ2n) is 3.43. The number of aliphatic hydroxyl groups is 2. The molecule has 6 heteroatoms. The Labute approximate surface area is 107 Å². The van der Waals surface area contributed by atoms with Crippen molar-refractivity contribution in [1.82, 2.24) is 0 Å². The van der Waals surface area contributed by atoms with Gasteiger partial charge in [0.1, 0.15) is 11.9 Å². The molecule has 2 atom stereocenters. The summed E-state index contributed by atoms with van der Waals surface area (Å²) in [6.45, 7) is 0. The molecule has 0 heterocycles. The lowest BCUT2D eigenvalue weighted by atomic mass is 10.0. The Bertz CT molecular complexity index is 407. The minimum absolute atomic E-state index is 0.0293. The number of rotatable bonds is 5. The largest absolute Gasteiger partial charge is 0.496 e. The molecule has 1 aromatic carbocycles. The Kier molecular flexibility index (Phi) is 4.92. The molecule has 0 bridgehead atoms. The summed E-state index contributed by atoms with van der Waals surface area (Å²) < 4.78 is 5.02. The van der Waals surface area contributed by atoms with Crippen LogP contribution in [0.25, 0.3) is 0 Å². The topological polar surface area (TPSA) is 87.0 Å². The normalized spacial score (nSPS) is 14.1. The zero-order valence-corrected chi connectivity index (χ0v) is 10.7. The predicted molar refractivity (Wildman–Crippen MR) is 64.7 cm³/mol. The standard InChI is InChI=1S/C11H13BrO5/c1-17-9-3-2-6(11(15)16)4-7(9)10(14)8(13)5-12/h2-4,8,10,13-14H,5H2,1H3,(H,15,16). The summed E-state index contributed by atoms with van der Waals surface area (Å²) in [5.74, 6) is -0.767. The van der Waals surface area contributed by atoms with Crippen molar-refractivity contribution in [3.05, 3.63) is 29.3 Å². The Morgan fingerprint density at radius 2 is 2.12 bits per heavy atom. The third-order valence-electron chi connectivity index (χ3n) is 2.32. The first-order valence-electron chi connectivity index (χ1n) is 4.84. The zero-order chi connectivity index (χ0) is 13.0. The molecule has 0 radical (unpaired) electrons. The van der Waals surface area contributed by atoms with Crippen LogP contribution in [0.4, 0.5) is 0 Å². The minimum atomic E-state index is -1.20. The van der Waals surface area contributed by atoms with Crippen LogP contribution in [0.5, 0.6) is 5.75 Å². The lowest BCUT2D eigenvalue weighted by Crippen LogP contribution is -2.20. The molecule has 0 aliphatic carbocycles. The van der Waals surface area contributed by atoms with Crippen LogP contribution >= 0.6 is 15.9 Å². The van der Waals surface area contributed by atoms with Gasteiger partial charge in [0.15, 0.2) is 0 Å². The molecule has 2 unspecified atom stereocenters. The van der Waals surface area contributed by atoms with Crippen molar-refractivity contribution in [3.8, 4) is 5.75 Å². The Morgan fingerprint density at radius 3 is 2.59 bits per heavy atom. The highest BCUT2D eigenvalue weighted by molar-refractivity contribution is 9.09. The first-order valence-corrected chi connectivity index (χ1v) is 5.96. The van der Waals surface area contributed by atoms with E-state index in [0.717, 1.165) is 0 Å². The average Bonchev–Trinajstić information content (AvgIpc) is 2.35. The number of hydrogen-bond acceptors (Lipinski definition) is 4. The van der Waals surface area contributed by atoms with Crippen LogP contribution in [0.3, 0.4) is 0 Å². The van der Waals surface area contributed by atoms with E-state index in [-0.39, 0.29) is 16.5 Å². The molecule has 0 amide bonds. The molecule has 1 aromatic rings. The lowest BCUT2D eigenvalue weighted by molar-refractivity contribution is 0.0326. The summed E-state index contributed by atoms with van der Waals surface area (Å²) in [6, 6.07) is 4.11. The van der Waals surface area contributed by atoms with Crippen LogP contribution in [0.15, 0.2) is 18.2 Å². The first kappa shape index (κ1) is 14.0. The number of carbonyl (C=O) groups is 1. The fraction of sp³-hybridized carbons (Fsp3) is 0.364. The van der Waals surface area contributed by atoms with Gasteiger partial charge in [0.2, 0.25) is 0 Å². The van der Waals surface area contributed by atoms with Gasteiger partial charge in [-0.15, -0.1) is 0 Å². The second-order valence-corrected chi connectivity index (χ2v) is 4.08. The first-order chi connectivity index (χ1) is 8.01.